The highest BCUT2D eigenvalue weighted by Gasteiger charge is 2.38. The molecule has 2 heterocycles. The molecular weight excluding hydrogens is 366 g/mol. The average molecular weight is 386 g/mol. The monoisotopic (exact) mass is 385 g/mol. The fraction of sp³-hybridized carbons (Fsp3) is 0.300. The molecule has 0 radical (unpaired) electrons. The molecular formula is C20H20ClN3O3. The summed E-state index contributed by atoms with van der Waals surface area (Å²) >= 11 is 5.91. The number of benzene rings is 2. The summed E-state index contributed by atoms with van der Waals surface area (Å²) in [5.41, 5.74) is 0.991. The Morgan fingerprint density at radius 1 is 1.30 bits per heavy atom. The third-order valence-electron chi connectivity index (χ3n) is 5.13. The van der Waals surface area contributed by atoms with Crippen molar-refractivity contribution in [3.63, 3.8) is 0 Å². The van der Waals surface area contributed by atoms with Gasteiger partial charge in [-0.05, 0) is 36.2 Å². The highest BCUT2D eigenvalue weighted by molar-refractivity contribution is 6.30. The number of amides is 1. The van der Waals surface area contributed by atoms with Gasteiger partial charge in [-0.2, -0.15) is 5.10 Å². The number of hydrogen-bond acceptors (Lipinski definition) is 4. The van der Waals surface area contributed by atoms with Gasteiger partial charge in [0.15, 0.2) is 0 Å². The Kier molecular flexibility index (Phi) is 4.32. The molecule has 0 saturated carbocycles. The van der Waals surface area contributed by atoms with Gasteiger partial charge in [0.2, 0.25) is 0 Å². The smallest absolute Gasteiger partial charge is 0.254 e. The Morgan fingerprint density at radius 3 is 2.78 bits per heavy atom. The number of fused-ring (bicyclic) bond motifs is 1. The Morgan fingerprint density at radius 2 is 2.04 bits per heavy atom. The normalized spacial score (nSPS) is 19.7. The van der Waals surface area contributed by atoms with Crippen molar-refractivity contribution < 1.29 is 15.0 Å². The molecule has 0 spiro atoms. The molecule has 3 aromatic rings. The van der Waals surface area contributed by atoms with Crippen molar-refractivity contribution in [2.45, 2.75) is 18.4 Å². The lowest BCUT2D eigenvalue weighted by molar-refractivity contribution is 0.0445. The van der Waals surface area contributed by atoms with Gasteiger partial charge >= 0.3 is 0 Å². The SMILES string of the molecule is Cn1ncc2cc(C(=O)N3CCC(O)(Cc4ccc(Cl)cc4)C3)cc(O)c21. The Labute approximate surface area is 161 Å². The summed E-state index contributed by atoms with van der Waals surface area (Å²) in [6.07, 6.45) is 2.58. The zero-order valence-electron chi connectivity index (χ0n) is 14.9. The van der Waals surface area contributed by atoms with Gasteiger partial charge in [0.05, 0.1) is 18.3 Å². The molecule has 4 rings (SSSR count). The number of carbonyl (C=O) groups is 1. The topological polar surface area (TPSA) is 78.6 Å². The summed E-state index contributed by atoms with van der Waals surface area (Å²) in [6.45, 7) is 0.717. The minimum atomic E-state index is -0.968. The van der Waals surface area contributed by atoms with Gasteiger partial charge in [-0.1, -0.05) is 23.7 Å². The van der Waals surface area contributed by atoms with Gasteiger partial charge in [0.1, 0.15) is 11.3 Å². The first-order valence-corrected chi connectivity index (χ1v) is 9.13. The Balaban J connectivity index is 1.53. The predicted molar refractivity (Wildman–Crippen MR) is 103 cm³/mol. The Bertz CT molecular complexity index is 1020. The second-order valence-electron chi connectivity index (χ2n) is 7.21. The largest absolute Gasteiger partial charge is 0.506 e. The van der Waals surface area contributed by atoms with Gasteiger partial charge < -0.3 is 15.1 Å². The summed E-state index contributed by atoms with van der Waals surface area (Å²) in [5.74, 6) is -0.186. The number of rotatable bonds is 3. The molecule has 1 atom stereocenters. The van der Waals surface area contributed by atoms with E-state index >= 15 is 0 Å². The number of aromatic nitrogens is 2. The van der Waals surface area contributed by atoms with E-state index in [0.717, 1.165) is 5.56 Å². The lowest BCUT2D eigenvalue weighted by Crippen LogP contribution is -2.37. The lowest BCUT2D eigenvalue weighted by Gasteiger charge is -2.23. The number of likely N-dealkylation sites (tertiary alicyclic amines) is 1. The lowest BCUT2D eigenvalue weighted by atomic mass is 9.94. The summed E-state index contributed by atoms with van der Waals surface area (Å²) in [4.78, 5) is 14.5. The molecule has 140 valence electrons. The summed E-state index contributed by atoms with van der Waals surface area (Å²) in [6, 6.07) is 10.6. The van der Waals surface area contributed by atoms with Crippen molar-refractivity contribution in [3.8, 4) is 5.75 Å². The van der Waals surface area contributed by atoms with Crippen molar-refractivity contribution in [3.05, 3.63) is 58.7 Å². The first kappa shape index (κ1) is 17.8. The van der Waals surface area contributed by atoms with Crippen molar-refractivity contribution in [2.24, 2.45) is 7.05 Å². The molecule has 1 aromatic heterocycles. The van der Waals surface area contributed by atoms with Crippen LogP contribution in [0.5, 0.6) is 5.75 Å². The average Bonchev–Trinajstić information content (AvgIpc) is 3.20. The van der Waals surface area contributed by atoms with Gasteiger partial charge in [-0.3, -0.25) is 9.48 Å². The van der Waals surface area contributed by atoms with Crippen LogP contribution in [0.25, 0.3) is 10.9 Å². The standard InChI is InChI=1S/C20H20ClN3O3/c1-23-18-15(11-22-23)8-14(9-17(18)25)19(26)24-7-6-20(27,12-24)10-13-2-4-16(21)5-3-13/h2-5,8-9,11,25,27H,6-7,10,12H2,1H3. The molecule has 1 unspecified atom stereocenters. The second-order valence-corrected chi connectivity index (χ2v) is 7.64. The maximum absolute atomic E-state index is 12.9. The molecule has 1 aliphatic rings. The van der Waals surface area contributed by atoms with E-state index in [-0.39, 0.29) is 18.2 Å². The Hall–Kier alpha value is -2.57. The van der Waals surface area contributed by atoms with E-state index in [4.69, 9.17) is 11.6 Å². The first-order chi connectivity index (χ1) is 12.8. The van der Waals surface area contributed by atoms with Crippen molar-refractivity contribution >= 4 is 28.4 Å². The first-order valence-electron chi connectivity index (χ1n) is 8.75. The molecule has 0 bridgehead atoms. The van der Waals surface area contributed by atoms with Crippen LogP contribution in [0.4, 0.5) is 0 Å². The molecule has 27 heavy (non-hydrogen) atoms. The molecule has 1 amide bonds. The minimum Gasteiger partial charge on any atom is -0.506 e. The van der Waals surface area contributed by atoms with Gasteiger partial charge in [-0.25, -0.2) is 0 Å². The van der Waals surface area contributed by atoms with Crippen LogP contribution in [0.2, 0.25) is 5.02 Å². The van der Waals surface area contributed by atoms with E-state index < -0.39 is 5.60 Å². The minimum absolute atomic E-state index is 0.0199. The summed E-state index contributed by atoms with van der Waals surface area (Å²) < 4.78 is 1.57. The van der Waals surface area contributed by atoms with Crippen LogP contribution in [-0.4, -0.2) is 49.5 Å². The van der Waals surface area contributed by atoms with E-state index in [1.165, 1.54) is 6.07 Å². The number of halogens is 1. The molecule has 2 aromatic carbocycles. The van der Waals surface area contributed by atoms with E-state index in [1.807, 2.05) is 12.1 Å². The van der Waals surface area contributed by atoms with Crippen LogP contribution >= 0.6 is 11.6 Å². The number of phenols is 1. The van der Waals surface area contributed by atoms with E-state index in [1.54, 1.807) is 41.0 Å². The number of hydrogen-bond donors (Lipinski definition) is 2. The van der Waals surface area contributed by atoms with Gasteiger partial charge in [-0.15, -0.1) is 0 Å². The zero-order valence-corrected chi connectivity index (χ0v) is 15.6. The van der Waals surface area contributed by atoms with Crippen LogP contribution in [0.15, 0.2) is 42.6 Å². The number of carbonyl (C=O) groups excluding carboxylic acids is 1. The fourth-order valence-electron chi connectivity index (χ4n) is 3.76. The third-order valence-corrected chi connectivity index (χ3v) is 5.38. The quantitative estimate of drug-likeness (QED) is 0.726. The fourth-order valence-corrected chi connectivity index (χ4v) is 3.89. The number of β-amino-alcohol motifs (C(OH)–C–C–N with tert-alkyl or cyclic N) is 1. The van der Waals surface area contributed by atoms with Crippen LogP contribution in [0.1, 0.15) is 22.3 Å². The zero-order chi connectivity index (χ0) is 19.2. The van der Waals surface area contributed by atoms with E-state index in [0.29, 0.717) is 40.9 Å². The van der Waals surface area contributed by atoms with Gasteiger partial charge in [0.25, 0.3) is 5.91 Å². The maximum atomic E-state index is 12.9. The van der Waals surface area contributed by atoms with E-state index in [9.17, 15) is 15.0 Å². The highest BCUT2D eigenvalue weighted by Crippen LogP contribution is 2.30. The van der Waals surface area contributed by atoms with E-state index in [2.05, 4.69) is 5.10 Å². The molecule has 1 saturated heterocycles. The second kappa shape index (κ2) is 6.55. The van der Waals surface area contributed by atoms with Crippen molar-refractivity contribution in [1.29, 1.82) is 0 Å². The summed E-state index contributed by atoms with van der Waals surface area (Å²) in [5, 5.41) is 26.6. The van der Waals surface area contributed by atoms with Gasteiger partial charge in [0, 0.05) is 36.0 Å². The van der Waals surface area contributed by atoms with Crippen molar-refractivity contribution in [1.82, 2.24) is 14.7 Å². The highest BCUT2D eigenvalue weighted by atomic mass is 35.5. The number of nitrogens with zero attached hydrogens (tertiary/aromatic N) is 3. The van der Waals surface area contributed by atoms with Crippen LogP contribution in [0, 0.1) is 0 Å². The predicted octanol–water partition coefficient (Wildman–Crippen LogP) is 2.75. The molecule has 1 fully saturated rings. The number of aliphatic hydroxyl groups is 1. The number of phenolic OH excluding ortho intramolecular Hbond substituents is 1. The van der Waals surface area contributed by atoms with Crippen molar-refractivity contribution in [2.75, 3.05) is 13.1 Å². The number of aromatic hydroxyl groups is 1. The molecule has 1 aliphatic heterocycles. The molecule has 2 N–H and O–H groups in total. The molecule has 7 heteroatoms. The number of aryl methyl sites for hydroxylation is 1. The maximum Gasteiger partial charge on any atom is 0.254 e. The molecule has 0 aliphatic carbocycles. The third kappa shape index (κ3) is 3.38. The summed E-state index contributed by atoms with van der Waals surface area (Å²) in [7, 11) is 1.74. The van der Waals surface area contributed by atoms with Crippen LogP contribution in [0.3, 0.4) is 0 Å². The molecule has 6 nitrogen and oxygen atoms in total. The van der Waals surface area contributed by atoms with Crippen LogP contribution in [-0.2, 0) is 13.5 Å². The van der Waals surface area contributed by atoms with Crippen LogP contribution < -0.4 is 0 Å².